The summed E-state index contributed by atoms with van der Waals surface area (Å²) in [6.07, 6.45) is 5.43. The summed E-state index contributed by atoms with van der Waals surface area (Å²) in [6.45, 7) is 5.69. The second kappa shape index (κ2) is 8.03. The molecule has 0 aliphatic carbocycles. The molecular weight excluding hydrogens is 262 g/mol. The van der Waals surface area contributed by atoms with Gasteiger partial charge in [-0.3, -0.25) is 4.79 Å². The minimum atomic E-state index is 0.0738. The molecule has 1 heterocycles. The van der Waals surface area contributed by atoms with Crippen LogP contribution in [0.15, 0.2) is 24.3 Å². The van der Waals surface area contributed by atoms with Crippen LogP contribution in [0.3, 0.4) is 0 Å². The van der Waals surface area contributed by atoms with Crippen LogP contribution in [0.1, 0.15) is 39.0 Å². The van der Waals surface area contributed by atoms with Crippen molar-refractivity contribution in [2.45, 2.75) is 39.0 Å². The van der Waals surface area contributed by atoms with E-state index < -0.39 is 0 Å². The fourth-order valence-corrected chi connectivity index (χ4v) is 2.99. The largest absolute Gasteiger partial charge is 0.399 e. The van der Waals surface area contributed by atoms with Gasteiger partial charge >= 0.3 is 0 Å². The summed E-state index contributed by atoms with van der Waals surface area (Å²) in [6, 6.07) is 7.32. The van der Waals surface area contributed by atoms with Crippen molar-refractivity contribution in [3.8, 4) is 0 Å². The Hall–Kier alpha value is -1.55. The van der Waals surface area contributed by atoms with Crippen LogP contribution < -0.4 is 11.1 Å². The SMILES string of the molecule is CCC1CCCN(CCCC(=O)Nc2cccc(N)c2)C1. The monoisotopic (exact) mass is 289 g/mol. The molecule has 0 aromatic heterocycles. The van der Waals surface area contributed by atoms with Gasteiger partial charge in [-0.25, -0.2) is 0 Å². The summed E-state index contributed by atoms with van der Waals surface area (Å²) in [5, 5.41) is 2.90. The number of carbonyl (C=O) groups is 1. The maximum absolute atomic E-state index is 11.9. The lowest BCUT2D eigenvalue weighted by atomic mass is 9.95. The van der Waals surface area contributed by atoms with Gasteiger partial charge in [-0.1, -0.05) is 19.4 Å². The Morgan fingerprint density at radius 1 is 1.48 bits per heavy atom. The van der Waals surface area contributed by atoms with E-state index in [4.69, 9.17) is 5.73 Å². The van der Waals surface area contributed by atoms with Crippen molar-refractivity contribution in [1.29, 1.82) is 0 Å². The molecule has 1 amide bonds. The quantitative estimate of drug-likeness (QED) is 0.791. The molecule has 2 rings (SSSR count). The summed E-state index contributed by atoms with van der Waals surface area (Å²) < 4.78 is 0. The fourth-order valence-electron chi connectivity index (χ4n) is 2.99. The Morgan fingerprint density at radius 2 is 2.33 bits per heavy atom. The number of hydrogen-bond acceptors (Lipinski definition) is 3. The molecule has 21 heavy (non-hydrogen) atoms. The van der Waals surface area contributed by atoms with Gasteiger partial charge in [0.15, 0.2) is 0 Å². The van der Waals surface area contributed by atoms with Gasteiger partial charge < -0.3 is 16.0 Å². The maximum atomic E-state index is 11.9. The number of amides is 1. The number of piperidine rings is 1. The fraction of sp³-hybridized carbons (Fsp3) is 0.588. The normalized spacial score (nSPS) is 19.4. The molecule has 0 radical (unpaired) electrons. The van der Waals surface area contributed by atoms with Crippen LogP contribution in [0.2, 0.25) is 0 Å². The molecule has 0 bridgehead atoms. The number of carbonyl (C=O) groups excluding carboxylic acids is 1. The number of nitrogen functional groups attached to an aromatic ring is 1. The van der Waals surface area contributed by atoms with E-state index in [0.717, 1.165) is 24.6 Å². The van der Waals surface area contributed by atoms with Crippen LogP contribution in [-0.4, -0.2) is 30.4 Å². The summed E-state index contributed by atoms with van der Waals surface area (Å²) in [5.41, 5.74) is 7.15. The van der Waals surface area contributed by atoms with E-state index in [2.05, 4.69) is 17.1 Å². The second-order valence-corrected chi connectivity index (χ2v) is 5.99. The highest BCUT2D eigenvalue weighted by molar-refractivity contribution is 5.91. The van der Waals surface area contributed by atoms with Crippen molar-refractivity contribution >= 4 is 17.3 Å². The van der Waals surface area contributed by atoms with Gasteiger partial charge in [-0.05, 0) is 56.5 Å². The molecule has 1 atom stereocenters. The van der Waals surface area contributed by atoms with Crippen LogP contribution in [0, 0.1) is 5.92 Å². The first-order chi connectivity index (χ1) is 10.2. The summed E-state index contributed by atoms with van der Waals surface area (Å²) in [5.74, 6) is 0.921. The van der Waals surface area contributed by atoms with Crippen LogP contribution in [0.4, 0.5) is 11.4 Å². The van der Waals surface area contributed by atoms with Gasteiger partial charge in [0.1, 0.15) is 0 Å². The molecule has 0 saturated carbocycles. The molecule has 1 fully saturated rings. The highest BCUT2D eigenvalue weighted by Gasteiger charge is 2.17. The lowest BCUT2D eigenvalue weighted by Gasteiger charge is -2.32. The predicted octanol–water partition coefficient (Wildman–Crippen LogP) is 3.11. The van der Waals surface area contributed by atoms with E-state index in [0.29, 0.717) is 12.1 Å². The number of hydrogen-bond donors (Lipinski definition) is 2. The Bertz CT molecular complexity index is 461. The molecule has 1 aromatic rings. The molecule has 1 saturated heterocycles. The molecule has 4 heteroatoms. The Kier molecular flexibility index (Phi) is 6.05. The van der Waals surface area contributed by atoms with E-state index in [-0.39, 0.29) is 5.91 Å². The second-order valence-electron chi connectivity index (χ2n) is 5.99. The molecule has 3 N–H and O–H groups in total. The summed E-state index contributed by atoms with van der Waals surface area (Å²) in [4.78, 5) is 14.4. The molecule has 116 valence electrons. The Labute approximate surface area is 127 Å². The van der Waals surface area contributed by atoms with Gasteiger partial charge in [-0.15, -0.1) is 0 Å². The van der Waals surface area contributed by atoms with Crippen molar-refractivity contribution in [3.63, 3.8) is 0 Å². The zero-order chi connectivity index (χ0) is 15.1. The Morgan fingerprint density at radius 3 is 3.10 bits per heavy atom. The number of nitrogens with one attached hydrogen (secondary N) is 1. The number of anilines is 2. The Balaban J connectivity index is 1.67. The standard InChI is InChI=1S/C17H27N3O/c1-2-14-6-4-10-20(13-14)11-5-9-17(21)19-16-8-3-7-15(18)12-16/h3,7-8,12,14H,2,4-6,9-11,13,18H2,1H3,(H,19,21). The molecule has 4 nitrogen and oxygen atoms in total. The lowest BCUT2D eigenvalue weighted by molar-refractivity contribution is -0.116. The van der Waals surface area contributed by atoms with Gasteiger partial charge in [0, 0.05) is 24.3 Å². The molecule has 1 aromatic carbocycles. The highest BCUT2D eigenvalue weighted by Crippen LogP contribution is 2.19. The molecular formula is C17H27N3O. The third-order valence-electron chi connectivity index (χ3n) is 4.23. The van der Waals surface area contributed by atoms with Gasteiger partial charge in [0.05, 0.1) is 0 Å². The third-order valence-corrected chi connectivity index (χ3v) is 4.23. The number of benzene rings is 1. The number of rotatable bonds is 6. The van der Waals surface area contributed by atoms with Gasteiger partial charge in [0.2, 0.25) is 5.91 Å². The molecule has 0 spiro atoms. The van der Waals surface area contributed by atoms with Crippen LogP contribution in [-0.2, 0) is 4.79 Å². The van der Waals surface area contributed by atoms with Crippen molar-refractivity contribution in [1.82, 2.24) is 4.90 Å². The lowest BCUT2D eigenvalue weighted by Crippen LogP contribution is -2.36. The molecule has 1 aliphatic heterocycles. The van der Waals surface area contributed by atoms with E-state index in [1.165, 1.54) is 32.4 Å². The minimum absolute atomic E-state index is 0.0738. The smallest absolute Gasteiger partial charge is 0.224 e. The molecule has 1 aliphatic rings. The zero-order valence-corrected chi connectivity index (χ0v) is 13.0. The number of likely N-dealkylation sites (tertiary alicyclic amines) is 1. The van der Waals surface area contributed by atoms with Crippen molar-refractivity contribution in [2.24, 2.45) is 5.92 Å². The molecule has 1 unspecified atom stereocenters. The van der Waals surface area contributed by atoms with E-state index in [1.807, 2.05) is 18.2 Å². The average molecular weight is 289 g/mol. The number of nitrogens with zero attached hydrogens (tertiary/aromatic N) is 1. The summed E-state index contributed by atoms with van der Waals surface area (Å²) >= 11 is 0. The average Bonchev–Trinajstić information content (AvgIpc) is 2.47. The predicted molar refractivity (Wildman–Crippen MR) is 88.2 cm³/mol. The van der Waals surface area contributed by atoms with E-state index >= 15 is 0 Å². The third kappa shape index (κ3) is 5.38. The first-order valence-corrected chi connectivity index (χ1v) is 8.05. The summed E-state index contributed by atoms with van der Waals surface area (Å²) in [7, 11) is 0. The first kappa shape index (κ1) is 15.8. The van der Waals surface area contributed by atoms with Crippen molar-refractivity contribution < 1.29 is 4.79 Å². The highest BCUT2D eigenvalue weighted by atomic mass is 16.1. The maximum Gasteiger partial charge on any atom is 0.224 e. The van der Waals surface area contributed by atoms with E-state index in [1.54, 1.807) is 6.07 Å². The zero-order valence-electron chi connectivity index (χ0n) is 13.0. The topological polar surface area (TPSA) is 58.4 Å². The van der Waals surface area contributed by atoms with Crippen molar-refractivity contribution in [2.75, 3.05) is 30.7 Å². The van der Waals surface area contributed by atoms with Crippen LogP contribution in [0.5, 0.6) is 0 Å². The van der Waals surface area contributed by atoms with Gasteiger partial charge in [-0.2, -0.15) is 0 Å². The van der Waals surface area contributed by atoms with Crippen LogP contribution in [0.25, 0.3) is 0 Å². The van der Waals surface area contributed by atoms with Crippen molar-refractivity contribution in [3.05, 3.63) is 24.3 Å². The van der Waals surface area contributed by atoms with E-state index in [9.17, 15) is 4.79 Å². The minimum Gasteiger partial charge on any atom is -0.399 e. The van der Waals surface area contributed by atoms with Crippen LogP contribution >= 0.6 is 0 Å². The first-order valence-electron chi connectivity index (χ1n) is 8.05. The van der Waals surface area contributed by atoms with Gasteiger partial charge in [0.25, 0.3) is 0 Å². The number of nitrogens with two attached hydrogens (primary N) is 1.